The SMILES string of the molecule is CCc1ccc(C(N)C(C)(C)C)o1. The average Bonchev–Trinajstić information content (AvgIpc) is 2.48. The van der Waals surface area contributed by atoms with Crippen LogP contribution in [0.1, 0.15) is 45.3 Å². The van der Waals surface area contributed by atoms with E-state index in [1.54, 1.807) is 0 Å². The average molecular weight is 181 g/mol. The van der Waals surface area contributed by atoms with E-state index < -0.39 is 0 Å². The van der Waals surface area contributed by atoms with Gasteiger partial charge in [0.15, 0.2) is 0 Å². The van der Waals surface area contributed by atoms with Gasteiger partial charge in [-0.15, -0.1) is 0 Å². The van der Waals surface area contributed by atoms with Gasteiger partial charge < -0.3 is 10.2 Å². The van der Waals surface area contributed by atoms with Crippen LogP contribution in [-0.2, 0) is 6.42 Å². The van der Waals surface area contributed by atoms with Crippen molar-refractivity contribution in [2.24, 2.45) is 11.1 Å². The molecule has 2 heteroatoms. The summed E-state index contributed by atoms with van der Waals surface area (Å²) in [5, 5.41) is 0. The second-order valence-electron chi connectivity index (χ2n) is 4.50. The summed E-state index contributed by atoms with van der Waals surface area (Å²) in [5.41, 5.74) is 6.10. The zero-order chi connectivity index (χ0) is 10.1. The first-order valence-electron chi connectivity index (χ1n) is 4.79. The van der Waals surface area contributed by atoms with E-state index >= 15 is 0 Å². The fraction of sp³-hybridized carbons (Fsp3) is 0.636. The van der Waals surface area contributed by atoms with Crippen molar-refractivity contribution in [1.29, 1.82) is 0 Å². The van der Waals surface area contributed by atoms with E-state index in [1.165, 1.54) is 0 Å². The summed E-state index contributed by atoms with van der Waals surface area (Å²) < 4.78 is 5.60. The van der Waals surface area contributed by atoms with Gasteiger partial charge in [0.05, 0.1) is 6.04 Å². The van der Waals surface area contributed by atoms with Crippen LogP contribution >= 0.6 is 0 Å². The molecular weight excluding hydrogens is 162 g/mol. The van der Waals surface area contributed by atoms with Gasteiger partial charge >= 0.3 is 0 Å². The first-order valence-corrected chi connectivity index (χ1v) is 4.79. The normalized spacial score (nSPS) is 14.5. The van der Waals surface area contributed by atoms with Crippen molar-refractivity contribution in [1.82, 2.24) is 0 Å². The first kappa shape index (κ1) is 10.3. The van der Waals surface area contributed by atoms with Crippen molar-refractivity contribution >= 4 is 0 Å². The fourth-order valence-corrected chi connectivity index (χ4v) is 1.18. The monoisotopic (exact) mass is 181 g/mol. The topological polar surface area (TPSA) is 39.2 Å². The van der Waals surface area contributed by atoms with E-state index in [9.17, 15) is 0 Å². The highest BCUT2D eigenvalue weighted by molar-refractivity contribution is 5.12. The van der Waals surface area contributed by atoms with E-state index in [4.69, 9.17) is 10.2 Å². The van der Waals surface area contributed by atoms with Crippen LogP contribution in [0.4, 0.5) is 0 Å². The van der Waals surface area contributed by atoms with Crippen molar-refractivity contribution in [3.05, 3.63) is 23.7 Å². The van der Waals surface area contributed by atoms with Gasteiger partial charge in [-0.3, -0.25) is 0 Å². The summed E-state index contributed by atoms with van der Waals surface area (Å²) in [6, 6.07) is 3.96. The Bertz CT molecular complexity index is 270. The van der Waals surface area contributed by atoms with Crippen molar-refractivity contribution in [3.8, 4) is 0 Å². The predicted molar refractivity (Wildman–Crippen MR) is 54.5 cm³/mol. The molecule has 0 amide bonds. The van der Waals surface area contributed by atoms with Crippen LogP contribution in [0.3, 0.4) is 0 Å². The van der Waals surface area contributed by atoms with Crippen LogP contribution in [0.2, 0.25) is 0 Å². The lowest BCUT2D eigenvalue weighted by atomic mass is 9.86. The van der Waals surface area contributed by atoms with Gasteiger partial charge in [-0.25, -0.2) is 0 Å². The number of furan rings is 1. The van der Waals surface area contributed by atoms with Gasteiger partial charge in [0.25, 0.3) is 0 Å². The van der Waals surface area contributed by atoms with Crippen molar-refractivity contribution in [2.75, 3.05) is 0 Å². The zero-order valence-electron chi connectivity index (χ0n) is 8.92. The van der Waals surface area contributed by atoms with E-state index in [2.05, 4.69) is 27.7 Å². The minimum absolute atomic E-state index is 0.0206. The third-order valence-electron chi connectivity index (χ3n) is 2.27. The summed E-state index contributed by atoms with van der Waals surface area (Å²) in [7, 11) is 0. The van der Waals surface area contributed by atoms with Crippen molar-refractivity contribution in [2.45, 2.75) is 40.2 Å². The van der Waals surface area contributed by atoms with Crippen LogP contribution < -0.4 is 5.73 Å². The van der Waals surface area contributed by atoms with Gasteiger partial charge in [0.2, 0.25) is 0 Å². The van der Waals surface area contributed by atoms with Crippen LogP contribution in [0.5, 0.6) is 0 Å². The van der Waals surface area contributed by atoms with Gasteiger partial charge in [0, 0.05) is 6.42 Å². The van der Waals surface area contributed by atoms with Crippen LogP contribution in [0.25, 0.3) is 0 Å². The number of hydrogen-bond acceptors (Lipinski definition) is 2. The van der Waals surface area contributed by atoms with E-state index in [0.717, 1.165) is 17.9 Å². The lowest BCUT2D eigenvalue weighted by molar-refractivity contribution is 0.280. The minimum Gasteiger partial charge on any atom is -0.464 e. The quantitative estimate of drug-likeness (QED) is 0.762. The molecule has 2 N–H and O–H groups in total. The molecule has 1 rings (SSSR count). The Kier molecular flexibility index (Phi) is 2.81. The van der Waals surface area contributed by atoms with Crippen molar-refractivity contribution < 1.29 is 4.42 Å². The number of hydrogen-bond donors (Lipinski definition) is 1. The molecule has 1 aromatic heterocycles. The molecule has 0 aromatic carbocycles. The molecule has 2 nitrogen and oxygen atoms in total. The molecular formula is C11H19NO. The summed E-state index contributed by atoms with van der Waals surface area (Å²) in [4.78, 5) is 0. The lowest BCUT2D eigenvalue weighted by Crippen LogP contribution is -2.25. The van der Waals surface area contributed by atoms with Gasteiger partial charge in [-0.1, -0.05) is 27.7 Å². The molecule has 13 heavy (non-hydrogen) atoms. The van der Waals surface area contributed by atoms with Crippen LogP contribution in [0, 0.1) is 5.41 Å². The van der Waals surface area contributed by atoms with E-state index in [0.29, 0.717) is 0 Å². The largest absolute Gasteiger partial charge is 0.464 e. The second kappa shape index (κ2) is 3.54. The molecule has 0 bridgehead atoms. The molecule has 0 aliphatic carbocycles. The summed E-state index contributed by atoms with van der Waals surface area (Å²) >= 11 is 0. The predicted octanol–water partition coefficient (Wildman–Crippen LogP) is 2.89. The smallest absolute Gasteiger partial charge is 0.121 e. The van der Waals surface area contributed by atoms with Gasteiger partial charge in [-0.2, -0.15) is 0 Å². The lowest BCUT2D eigenvalue weighted by Gasteiger charge is -2.24. The molecule has 0 saturated carbocycles. The molecule has 1 aromatic rings. The van der Waals surface area contributed by atoms with Gasteiger partial charge in [-0.05, 0) is 17.5 Å². The Morgan fingerprint density at radius 2 is 2.00 bits per heavy atom. The van der Waals surface area contributed by atoms with Crippen LogP contribution in [-0.4, -0.2) is 0 Å². The molecule has 1 unspecified atom stereocenters. The highest BCUT2D eigenvalue weighted by atomic mass is 16.3. The number of rotatable bonds is 2. The maximum Gasteiger partial charge on any atom is 0.121 e. The number of aryl methyl sites for hydroxylation is 1. The zero-order valence-corrected chi connectivity index (χ0v) is 8.92. The highest BCUT2D eigenvalue weighted by Crippen LogP contribution is 2.31. The Hall–Kier alpha value is -0.760. The van der Waals surface area contributed by atoms with Crippen LogP contribution in [0.15, 0.2) is 16.5 Å². The standard InChI is InChI=1S/C11H19NO/c1-5-8-6-7-9(13-8)10(12)11(2,3)4/h6-7,10H,5,12H2,1-4H3. The maximum atomic E-state index is 6.05. The molecule has 1 heterocycles. The molecule has 0 spiro atoms. The Labute approximate surface area is 80.1 Å². The minimum atomic E-state index is -0.0206. The summed E-state index contributed by atoms with van der Waals surface area (Å²) in [6.45, 7) is 8.43. The first-order chi connectivity index (χ1) is 5.95. The second-order valence-corrected chi connectivity index (χ2v) is 4.50. The molecule has 0 aliphatic heterocycles. The molecule has 0 saturated heterocycles. The molecule has 0 fully saturated rings. The molecule has 74 valence electrons. The number of nitrogens with two attached hydrogens (primary N) is 1. The fourth-order valence-electron chi connectivity index (χ4n) is 1.18. The molecule has 1 atom stereocenters. The van der Waals surface area contributed by atoms with E-state index in [-0.39, 0.29) is 11.5 Å². The molecule has 0 radical (unpaired) electrons. The Morgan fingerprint density at radius 3 is 2.38 bits per heavy atom. The molecule has 0 aliphatic rings. The maximum absolute atomic E-state index is 6.05. The van der Waals surface area contributed by atoms with Gasteiger partial charge in [0.1, 0.15) is 11.5 Å². The van der Waals surface area contributed by atoms with Crippen molar-refractivity contribution in [3.63, 3.8) is 0 Å². The highest BCUT2D eigenvalue weighted by Gasteiger charge is 2.24. The Morgan fingerprint density at radius 1 is 1.38 bits per heavy atom. The Balaban J connectivity index is 2.83. The third kappa shape index (κ3) is 2.34. The summed E-state index contributed by atoms with van der Waals surface area (Å²) in [6.07, 6.45) is 0.927. The van der Waals surface area contributed by atoms with E-state index in [1.807, 2.05) is 12.1 Å². The summed E-state index contributed by atoms with van der Waals surface area (Å²) in [5.74, 6) is 1.90. The third-order valence-corrected chi connectivity index (χ3v) is 2.27.